The highest BCUT2D eigenvalue weighted by Gasteiger charge is 2.45. The lowest BCUT2D eigenvalue weighted by Gasteiger charge is -2.26. The van der Waals surface area contributed by atoms with Crippen molar-refractivity contribution in [1.29, 1.82) is 0 Å². The van der Waals surface area contributed by atoms with Crippen LogP contribution in [-0.4, -0.2) is 42.5 Å². The molecule has 4 nitrogen and oxygen atoms in total. The number of thioether (sulfide) groups is 1. The summed E-state index contributed by atoms with van der Waals surface area (Å²) in [5.74, 6) is 0.994. The van der Waals surface area contributed by atoms with Gasteiger partial charge in [-0.05, 0) is 18.2 Å². The molecule has 0 radical (unpaired) electrons. The average molecular weight is 348 g/mol. The molecule has 22 heavy (non-hydrogen) atoms. The molecule has 2 aliphatic heterocycles. The third-order valence-electron chi connectivity index (χ3n) is 3.19. The van der Waals surface area contributed by atoms with Crippen LogP contribution < -0.4 is 4.90 Å². The average Bonchev–Trinajstić information content (AvgIpc) is 3.08. The molecular formula is C13H11F3N2O2S2. The van der Waals surface area contributed by atoms with E-state index >= 15 is 0 Å². The van der Waals surface area contributed by atoms with Crippen LogP contribution in [0.1, 0.15) is 4.88 Å². The summed E-state index contributed by atoms with van der Waals surface area (Å²) in [5.41, 5.74) is -1.82. The first kappa shape index (κ1) is 15.4. The van der Waals surface area contributed by atoms with Crippen molar-refractivity contribution in [3.63, 3.8) is 0 Å². The van der Waals surface area contributed by atoms with E-state index in [2.05, 4.69) is 14.9 Å². The van der Waals surface area contributed by atoms with Gasteiger partial charge in [-0.15, -0.1) is 11.3 Å². The van der Waals surface area contributed by atoms with Crippen molar-refractivity contribution >= 4 is 45.9 Å². The number of hydrogen-bond donors (Lipinski definition) is 0. The molecule has 9 heteroatoms. The highest BCUT2D eigenvalue weighted by Crippen LogP contribution is 2.32. The van der Waals surface area contributed by atoms with Gasteiger partial charge in [-0.1, -0.05) is 5.16 Å². The largest absolute Gasteiger partial charge is 0.437 e. The van der Waals surface area contributed by atoms with Crippen molar-refractivity contribution in [2.75, 3.05) is 29.5 Å². The third kappa shape index (κ3) is 3.14. The van der Waals surface area contributed by atoms with Crippen molar-refractivity contribution in [1.82, 2.24) is 0 Å². The Labute approximate surface area is 132 Å². The predicted octanol–water partition coefficient (Wildman–Crippen LogP) is 3.16. The first-order valence-electron chi connectivity index (χ1n) is 6.46. The van der Waals surface area contributed by atoms with E-state index in [0.717, 1.165) is 29.6 Å². The van der Waals surface area contributed by atoms with E-state index in [1.165, 1.54) is 17.4 Å². The number of thiophene rings is 1. The van der Waals surface area contributed by atoms with Crippen LogP contribution in [0.4, 0.5) is 18.2 Å². The Balaban J connectivity index is 1.84. The number of carbonyl (C=O) groups is 1. The maximum absolute atomic E-state index is 12.8. The number of rotatable bonds is 2. The van der Waals surface area contributed by atoms with Gasteiger partial charge in [0.05, 0.1) is 10.6 Å². The molecule has 1 aromatic heterocycles. The molecule has 0 aliphatic carbocycles. The van der Waals surface area contributed by atoms with Crippen LogP contribution in [0, 0.1) is 0 Å². The molecule has 3 heterocycles. The molecule has 118 valence electrons. The van der Waals surface area contributed by atoms with Crippen molar-refractivity contribution in [2.24, 2.45) is 5.16 Å². The number of hydrogen-bond acceptors (Lipinski definition) is 6. The zero-order chi connectivity index (χ0) is 15.7. The fourth-order valence-electron chi connectivity index (χ4n) is 2.13. The van der Waals surface area contributed by atoms with Gasteiger partial charge in [0.25, 0.3) is 0 Å². The molecule has 0 amide bonds. The van der Waals surface area contributed by atoms with E-state index in [1.807, 2.05) is 17.8 Å². The Morgan fingerprint density at radius 3 is 2.68 bits per heavy atom. The summed E-state index contributed by atoms with van der Waals surface area (Å²) in [6.45, 7) is 1.83. The van der Waals surface area contributed by atoms with Gasteiger partial charge in [0, 0.05) is 29.5 Å². The van der Waals surface area contributed by atoms with Gasteiger partial charge in [0.1, 0.15) is 0 Å². The fraction of sp³-hybridized carbons (Fsp3) is 0.385. The van der Waals surface area contributed by atoms with Crippen molar-refractivity contribution in [2.45, 2.75) is 6.18 Å². The fourth-order valence-corrected chi connectivity index (χ4v) is 4.03. The minimum atomic E-state index is -4.71. The Bertz CT molecular complexity index is 646. The normalized spacial score (nSPS) is 21.2. The predicted molar refractivity (Wildman–Crippen MR) is 81.4 cm³/mol. The number of carbonyl (C=O) groups excluding carboxylic acids is 1. The van der Waals surface area contributed by atoms with E-state index in [9.17, 15) is 18.0 Å². The van der Waals surface area contributed by atoms with E-state index < -0.39 is 23.4 Å². The van der Waals surface area contributed by atoms with Gasteiger partial charge in [-0.3, -0.25) is 0 Å². The summed E-state index contributed by atoms with van der Waals surface area (Å²) in [5, 5.41) is 3.82. The molecule has 0 unspecified atom stereocenters. The van der Waals surface area contributed by atoms with Crippen LogP contribution in [-0.2, 0) is 9.63 Å². The van der Waals surface area contributed by atoms with Crippen LogP contribution in [0.25, 0.3) is 6.08 Å². The summed E-state index contributed by atoms with van der Waals surface area (Å²) in [6.07, 6.45) is -3.52. The van der Waals surface area contributed by atoms with Gasteiger partial charge < -0.3 is 9.74 Å². The first-order valence-corrected chi connectivity index (χ1v) is 8.43. The maximum atomic E-state index is 12.8. The standard InChI is InChI=1S/C13H11F3N2O2S2/c14-13(15,16)11-9(12(19)20-17-11)7-8-1-2-10(22-8)18-3-5-21-6-4-18/h1-2,7H,3-6H2/b9-7+. The molecule has 1 saturated heterocycles. The number of nitrogens with zero attached hydrogens (tertiary/aromatic N) is 2. The molecule has 3 rings (SSSR count). The van der Waals surface area contributed by atoms with Crippen LogP contribution >= 0.6 is 23.1 Å². The lowest BCUT2D eigenvalue weighted by molar-refractivity contribution is -0.136. The number of oxime groups is 1. The molecule has 2 aliphatic rings. The van der Waals surface area contributed by atoms with E-state index in [4.69, 9.17) is 0 Å². The second-order valence-corrected chi connectivity index (χ2v) is 6.97. The summed E-state index contributed by atoms with van der Waals surface area (Å²) >= 11 is 3.23. The Morgan fingerprint density at radius 1 is 1.27 bits per heavy atom. The second kappa shape index (κ2) is 5.96. The van der Waals surface area contributed by atoms with E-state index in [-0.39, 0.29) is 0 Å². The van der Waals surface area contributed by atoms with Gasteiger partial charge in [0.2, 0.25) is 0 Å². The first-order chi connectivity index (χ1) is 10.4. The highest BCUT2D eigenvalue weighted by molar-refractivity contribution is 7.99. The van der Waals surface area contributed by atoms with Gasteiger partial charge in [0.15, 0.2) is 5.71 Å². The topological polar surface area (TPSA) is 41.9 Å². The van der Waals surface area contributed by atoms with Gasteiger partial charge in [-0.2, -0.15) is 24.9 Å². The minimum Gasteiger partial charge on any atom is -0.362 e. The second-order valence-electron chi connectivity index (χ2n) is 4.65. The van der Waals surface area contributed by atoms with Gasteiger partial charge in [-0.25, -0.2) is 4.79 Å². The zero-order valence-corrected chi connectivity index (χ0v) is 12.9. The zero-order valence-electron chi connectivity index (χ0n) is 11.2. The minimum absolute atomic E-state index is 0.546. The quantitative estimate of drug-likeness (QED) is 0.608. The molecule has 0 atom stereocenters. The maximum Gasteiger partial charge on any atom is 0.437 e. The van der Waals surface area contributed by atoms with Crippen molar-refractivity contribution in [3.05, 3.63) is 22.6 Å². The lowest BCUT2D eigenvalue weighted by atomic mass is 10.1. The summed E-state index contributed by atoms with van der Waals surface area (Å²) in [7, 11) is 0. The third-order valence-corrected chi connectivity index (χ3v) is 5.22. The summed E-state index contributed by atoms with van der Waals surface area (Å²) in [6, 6.07) is 3.56. The molecule has 1 aromatic rings. The molecule has 0 saturated carbocycles. The summed E-state index contributed by atoms with van der Waals surface area (Å²) in [4.78, 5) is 18.3. The van der Waals surface area contributed by atoms with Crippen LogP contribution in [0.15, 0.2) is 22.9 Å². The molecule has 0 N–H and O–H groups in total. The Morgan fingerprint density at radius 2 is 2.00 bits per heavy atom. The molecule has 0 aromatic carbocycles. The molecule has 1 fully saturated rings. The molecular weight excluding hydrogens is 337 g/mol. The number of halogens is 3. The van der Waals surface area contributed by atoms with Crippen LogP contribution in [0.5, 0.6) is 0 Å². The Hall–Kier alpha value is -1.48. The van der Waals surface area contributed by atoms with Gasteiger partial charge >= 0.3 is 12.1 Å². The number of anilines is 1. The van der Waals surface area contributed by atoms with E-state index in [0.29, 0.717) is 4.88 Å². The van der Waals surface area contributed by atoms with Crippen LogP contribution in [0.3, 0.4) is 0 Å². The molecule has 0 spiro atoms. The van der Waals surface area contributed by atoms with Crippen LogP contribution in [0.2, 0.25) is 0 Å². The SMILES string of the molecule is O=C1ON=C(C(F)(F)F)/C1=C\c1ccc(N2CCSCC2)s1. The molecule has 0 bridgehead atoms. The smallest absolute Gasteiger partial charge is 0.362 e. The lowest BCUT2D eigenvalue weighted by Crippen LogP contribution is -2.31. The summed E-state index contributed by atoms with van der Waals surface area (Å²) < 4.78 is 38.3. The van der Waals surface area contributed by atoms with Crippen molar-refractivity contribution in [3.8, 4) is 0 Å². The Kier molecular flexibility index (Phi) is 4.18. The van der Waals surface area contributed by atoms with Crippen molar-refractivity contribution < 1.29 is 22.8 Å². The highest BCUT2D eigenvalue weighted by atomic mass is 32.2. The monoisotopic (exact) mass is 348 g/mol. The number of alkyl halides is 3. The van der Waals surface area contributed by atoms with E-state index in [1.54, 1.807) is 6.07 Å².